The Bertz CT molecular complexity index is 1010. The Hall–Kier alpha value is -1.01. The van der Waals surface area contributed by atoms with Crippen molar-refractivity contribution < 1.29 is 26.7 Å². The largest absolute Gasteiger partial charge is 0.768 e. The van der Waals surface area contributed by atoms with Gasteiger partial charge in [0, 0.05) is 34.7 Å². The highest BCUT2D eigenvalue weighted by molar-refractivity contribution is 7.99. The highest BCUT2D eigenvalue weighted by Crippen LogP contribution is 2.36. The van der Waals surface area contributed by atoms with Crippen LogP contribution in [0.2, 0.25) is 10.0 Å². The lowest BCUT2D eigenvalue weighted by Crippen LogP contribution is -2.53. The summed E-state index contributed by atoms with van der Waals surface area (Å²) >= 11 is 11.8. The summed E-state index contributed by atoms with van der Waals surface area (Å²) in [7, 11) is 0. The zero-order valence-corrected chi connectivity index (χ0v) is 22.9. The van der Waals surface area contributed by atoms with Gasteiger partial charge in [0.25, 0.3) is 0 Å². The molecule has 0 radical (unpaired) electrons. The molecule has 12 heteroatoms. The molecule has 0 saturated carbocycles. The van der Waals surface area contributed by atoms with Crippen LogP contribution in [-0.4, -0.2) is 57.8 Å². The summed E-state index contributed by atoms with van der Waals surface area (Å²) in [6.07, 6.45) is 0.402. The molecule has 3 rings (SSSR count). The lowest BCUT2D eigenvalue weighted by molar-refractivity contribution is -0.196. The van der Waals surface area contributed by atoms with Crippen LogP contribution >= 0.6 is 35.0 Å². The molecule has 5 nitrogen and oxygen atoms in total. The van der Waals surface area contributed by atoms with Crippen LogP contribution in [-0.2, 0) is 15.8 Å². The third-order valence-electron chi connectivity index (χ3n) is 6.33. The van der Waals surface area contributed by atoms with Gasteiger partial charge in [-0.3, -0.25) is 9.11 Å². The minimum atomic E-state index is -2.75. The molecule has 3 unspecified atom stereocenters. The highest BCUT2D eigenvalue weighted by atomic mass is 35.5. The lowest BCUT2D eigenvalue weighted by Gasteiger charge is -2.40. The first-order valence-electron chi connectivity index (χ1n) is 11.4. The van der Waals surface area contributed by atoms with Crippen LogP contribution in [0.5, 0.6) is 0 Å². The summed E-state index contributed by atoms with van der Waals surface area (Å²) in [5, 5.41) is 3.77. The summed E-state index contributed by atoms with van der Waals surface area (Å²) in [5.74, 6) is 0.766. The maximum absolute atomic E-state index is 13.3. The van der Waals surface area contributed by atoms with Crippen molar-refractivity contribution in [3.63, 3.8) is 0 Å². The molecule has 0 aromatic heterocycles. The predicted octanol–water partition coefficient (Wildman–Crippen LogP) is 6.53. The number of nitrogens with zero attached hydrogens (tertiary/aromatic N) is 1. The first kappa shape index (κ1) is 29.5. The molecule has 0 aliphatic carbocycles. The number of rotatable bonds is 13. The molecule has 36 heavy (non-hydrogen) atoms. The number of nitrogens with one attached hydrogen (secondary N) is 1. The topological polar surface area (TPSA) is 64.6 Å². The van der Waals surface area contributed by atoms with Crippen LogP contribution in [0.15, 0.2) is 46.2 Å². The zero-order chi connectivity index (χ0) is 26.4. The van der Waals surface area contributed by atoms with Gasteiger partial charge in [0.2, 0.25) is 0 Å². The number of benzene rings is 2. The molecule has 4 atom stereocenters. The van der Waals surface area contributed by atoms with E-state index in [1.165, 1.54) is 24.3 Å². The van der Waals surface area contributed by atoms with Crippen LogP contribution in [0.25, 0.3) is 0 Å². The monoisotopic (exact) mass is 583 g/mol. The molecule has 2 aromatic carbocycles. The maximum Gasteiger partial charge on any atom is 0.345 e. The van der Waals surface area contributed by atoms with Crippen LogP contribution < -0.4 is 5.32 Å². The van der Waals surface area contributed by atoms with Crippen molar-refractivity contribution in [1.82, 2.24) is 4.90 Å². The number of halogens is 5. The fourth-order valence-electron chi connectivity index (χ4n) is 4.18. The van der Waals surface area contributed by atoms with Gasteiger partial charge in [0.05, 0.1) is 21.8 Å². The van der Waals surface area contributed by atoms with E-state index in [0.29, 0.717) is 18.8 Å². The first-order chi connectivity index (χ1) is 17.0. The Labute approximate surface area is 226 Å². The van der Waals surface area contributed by atoms with Gasteiger partial charge in [0.1, 0.15) is 5.82 Å². The SMILES string of the molecule is CC(CCN1CC(OC(F)F)C1)[C@H](CSc1ccc(F)cc1)C(C)Nc1c(Cl)cc(S(=O)[O-])cc1Cl. The van der Waals surface area contributed by atoms with Crippen LogP contribution in [0.1, 0.15) is 20.3 Å². The van der Waals surface area contributed by atoms with E-state index in [-0.39, 0.29) is 38.6 Å². The van der Waals surface area contributed by atoms with Crippen molar-refractivity contribution in [1.29, 1.82) is 0 Å². The normalized spacial score (nSPS) is 18.0. The molecular formula is C24H28Cl2F3N2O3S2-. The van der Waals surface area contributed by atoms with Crippen molar-refractivity contribution in [2.24, 2.45) is 11.8 Å². The van der Waals surface area contributed by atoms with Crippen LogP contribution in [0.3, 0.4) is 0 Å². The molecule has 1 aliphatic rings. The fourth-order valence-corrected chi connectivity index (χ4v) is 6.66. The zero-order valence-electron chi connectivity index (χ0n) is 19.8. The Morgan fingerprint density at radius 3 is 2.36 bits per heavy atom. The number of hydrogen-bond acceptors (Lipinski definition) is 6. The Balaban J connectivity index is 1.67. The van der Waals surface area contributed by atoms with E-state index >= 15 is 0 Å². The Morgan fingerprint density at radius 2 is 1.81 bits per heavy atom. The molecule has 0 amide bonds. The van der Waals surface area contributed by atoms with E-state index in [9.17, 15) is 21.9 Å². The molecule has 1 saturated heterocycles. The molecule has 1 fully saturated rings. The van der Waals surface area contributed by atoms with Gasteiger partial charge >= 0.3 is 6.61 Å². The van der Waals surface area contributed by atoms with Crippen LogP contribution in [0.4, 0.5) is 18.9 Å². The second-order valence-electron chi connectivity index (χ2n) is 8.90. The van der Waals surface area contributed by atoms with Gasteiger partial charge in [0.15, 0.2) is 0 Å². The summed E-state index contributed by atoms with van der Waals surface area (Å²) in [5.41, 5.74) is 0.457. The predicted molar refractivity (Wildman–Crippen MR) is 138 cm³/mol. The third kappa shape index (κ3) is 8.51. The molecule has 1 N–H and O–H groups in total. The Kier molecular flexibility index (Phi) is 11.2. The van der Waals surface area contributed by atoms with E-state index in [2.05, 4.69) is 21.9 Å². The van der Waals surface area contributed by atoms with Crippen molar-refractivity contribution in [2.75, 3.05) is 30.7 Å². The average Bonchev–Trinajstić information content (AvgIpc) is 2.78. The fraction of sp³-hybridized carbons (Fsp3) is 0.500. The van der Waals surface area contributed by atoms with Gasteiger partial charge < -0.3 is 14.6 Å². The van der Waals surface area contributed by atoms with Gasteiger partial charge in [-0.2, -0.15) is 8.78 Å². The van der Waals surface area contributed by atoms with Crippen molar-refractivity contribution >= 4 is 51.7 Å². The van der Waals surface area contributed by atoms with E-state index in [0.717, 1.165) is 23.6 Å². The minimum absolute atomic E-state index is 0.00339. The second kappa shape index (κ2) is 13.7. The quantitative estimate of drug-likeness (QED) is 0.214. The molecule has 0 spiro atoms. The summed E-state index contributed by atoms with van der Waals surface area (Å²) < 4.78 is 65.2. The highest BCUT2D eigenvalue weighted by Gasteiger charge is 2.31. The van der Waals surface area contributed by atoms with Gasteiger partial charge in [-0.05, 0) is 79.2 Å². The Morgan fingerprint density at radius 1 is 1.19 bits per heavy atom. The van der Waals surface area contributed by atoms with E-state index < -0.39 is 23.8 Å². The summed E-state index contributed by atoms with van der Waals surface area (Å²) in [4.78, 5) is 3.03. The molecule has 0 bridgehead atoms. The number of anilines is 1. The number of likely N-dealkylation sites (tertiary alicyclic amines) is 1. The van der Waals surface area contributed by atoms with E-state index in [1.807, 2.05) is 6.92 Å². The van der Waals surface area contributed by atoms with Gasteiger partial charge in [-0.25, -0.2) is 4.39 Å². The van der Waals surface area contributed by atoms with E-state index in [4.69, 9.17) is 23.2 Å². The lowest BCUT2D eigenvalue weighted by atomic mass is 9.86. The standard InChI is InChI=1S/C24H29Cl2F3N2O3S2/c1-14(7-8-31-11-17(12-31)34-24(28)29)20(13-35-18-5-3-16(27)4-6-18)15(2)30-23-21(25)9-19(36(32)33)10-22(23)26/h3-6,9-10,14-15,17,20,24,30H,7-8,11-13H2,1-2H3,(H,32,33)/p-1/t14?,15?,20-/m0/s1. The molecule has 2 aromatic rings. The van der Waals surface area contributed by atoms with E-state index in [1.54, 1.807) is 23.9 Å². The maximum atomic E-state index is 13.3. The average molecular weight is 585 g/mol. The molecule has 200 valence electrons. The number of thioether (sulfide) groups is 1. The summed E-state index contributed by atoms with van der Waals surface area (Å²) in [6.45, 7) is 3.11. The van der Waals surface area contributed by atoms with Crippen LogP contribution in [0, 0.1) is 17.7 Å². The van der Waals surface area contributed by atoms with Crippen molar-refractivity contribution in [2.45, 2.75) is 48.8 Å². The van der Waals surface area contributed by atoms with Gasteiger partial charge in [-0.15, -0.1) is 11.8 Å². The number of hydrogen-bond donors (Lipinski definition) is 1. The molecular weight excluding hydrogens is 556 g/mol. The third-order valence-corrected chi connectivity index (χ3v) is 8.70. The second-order valence-corrected chi connectivity index (χ2v) is 11.8. The summed E-state index contributed by atoms with van der Waals surface area (Å²) in [6, 6.07) is 8.91. The van der Waals surface area contributed by atoms with Crippen molar-refractivity contribution in [3.05, 3.63) is 52.3 Å². The van der Waals surface area contributed by atoms with Gasteiger partial charge in [-0.1, -0.05) is 30.1 Å². The minimum Gasteiger partial charge on any atom is -0.768 e. The number of ether oxygens (including phenoxy) is 1. The smallest absolute Gasteiger partial charge is 0.345 e. The number of alkyl halides is 2. The van der Waals surface area contributed by atoms with Crippen molar-refractivity contribution in [3.8, 4) is 0 Å². The molecule has 1 heterocycles. The first-order valence-corrected chi connectivity index (χ1v) is 14.2. The molecule has 1 aliphatic heterocycles.